The third-order valence-electron chi connectivity index (χ3n) is 2.67. The number of hydrogen-bond acceptors (Lipinski definition) is 0. The number of benzene rings is 1. The van der Waals surface area contributed by atoms with E-state index in [4.69, 9.17) is 0 Å². The molecule has 0 saturated carbocycles. The molecular formula is C13H20. The van der Waals surface area contributed by atoms with Crippen molar-refractivity contribution in [3.63, 3.8) is 0 Å². The van der Waals surface area contributed by atoms with Gasteiger partial charge in [-0.2, -0.15) is 0 Å². The van der Waals surface area contributed by atoms with Crippen molar-refractivity contribution < 1.29 is 0 Å². The minimum absolute atomic E-state index is 1.17. The van der Waals surface area contributed by atoms with Crippen molar-refractivity contribution in [2.45, 2.75) is 46.5 Å². The third kappa shape index (κ3) is 2.58. The number of rotatable bonds is 4. The van der Waals surface area contributed by atoms with Crippen molar-refractivity contribution in [2.24, 2.45) is 0 Å². The minimum atomic E-state index is 1.17. The Morgan fingerprint density at radius 1 is 1.15 bits per heavy atom. The smallest absolute Gasteiger partial charge is 0.0274 e. The Balaban J connectivity index is 2.87. The van der Waals surface area contributed by atoms with Crippen LogP contribution < -0.4 is 0 Å². The topological polar surface area (TPSA) is 0 Å². The average molecular weight is 176 g/mol. The molecule has 0 radical (unpaired) electrons. The van der Waals surface area contributed by atoms with Gasteiger partial charge in [-0.05, 0) is 42.9 Å². The summed E-state index contributed by atoms with van der Waals surface area (Å²) in [5, 5.41) is 0. The van der Waals surface area contributed by atoms with Crippen LogP contribution in [-0.2, 0) is 12.8 Å². The number of unbranched alkanes of at least 4 members (excludes halogenated alkanes) is 1. The molecule has 0 heterocycles. The Hall–Kier alpha value is -0.780. The van der Waals surface area contributed by atoms with E-state index in [0.29, 0.717) is 0 Å². The lowest BCUT2D eigenvalue weighted by molar-refractivity contribution is 0.783. The molecule has 0 bridgehead atoms. The van der Waals surface area contributed by atoms with Crippen molar-refractivity contribution in [1.29, 1.82) is 0 Å². The normalized spacial score (nSPS) is 10.4. The van der Waals surface area contributed by atoms with Gasteiger partial charge in [0.25, 0.3) is 0 Å². The van der Waals surface area contributed by atoms with Crippen LogP contribution in [0.4, 0.5) is 0 Å². The Bertz CT molecular complexity index is 261. The highest BCUT2D eigenvalue weighted by atomic mass is 14.1. The molecule has 0 aliphatic rings. The highest BCUT2D eigenvalue weighted by Gasteiger charge is 2.02. The molecule has 0 fully saturated rings. The summed E-state index contributed by atoms with van der Waals surface area (Å²) in [4.78, 5) is 0. The second kappa shape index (κ2) is 5.06. The minimum Gasteiger partial charge on any atom is -0.0654 e. The quantitative estimate of drug-likeness (QED) is 0.652. The standard InChI is InChI=1S/C13H20/c1-4-6-10-13-11(3)8-7-9-12(13)5-2/h7-9H,4-6,10H2,1-3H3. The predicted octanol–water partition coefficient (Wildman–Crippen LogP) is 3.90. The molecule has 0 aliphatic carbocycles. The van der Waals surface area contributed by atoms with Gasteiger partial charge in [-0.1, -0.05) is 38.5 Å². The largest absolute Gasteiger partial charge is 0.0654 e. The van der Waals surface area contributed by atoms with Crippen LogP contribution in [0.25, 0.3) is 0 Å². The van der Waals surface area contributed by atoms with Crippen molar-refractivity contribution in [2.75, 3.05) is 0 Å². The molecule has 1 aromatic carbocycles. The van der Waals surface area contributed by atoms with Crippen molar-refractivity contribution >= 4 is 0 Å². The first kappa shape index (κ1) is 10.3. The maximum atomic E-state index is 2.26. The van der Waals surface area contributed by atoms with Crippen molar-refractivity contribution in [3.8, 4) is 0 Å². The number of aryl methyl sites for hydroxylation is 2. The molecule has 0 aliphatic heterocycles. The Morgan fingerprint density at radius 2 is 1.92 bits per heavy atom. The van der Waals surface area contributed by atoms with Crippen LogP contribution in [0.15, 0.2) is 18.2 Å². The molecule has 0 N–H and O–H groups in total. The van der Waals surface area contributed by atoms with Gasteiger partial charge in [0.2, 0.25) is 0 Å². The Labute approximate surface area is 82.0 Å². The SMILES string of the molecule is CCCCc1c(C)cccc1CC. The van der Waals surface area contributed by atoms with E-state index >= 15 is 0 Å². The molecule has 0 nitrogen and oxygen atoms in total. The first-order chi connectivity index (χ1) is 6.29. The fraction of sp³-hybridized carbons (Fsp3) is 0.538. The van der Waals surface area contributed by atoms with Crippen LogP contribution >= 0.6 is 0 Å². The van der Waals surface area contributed by atoms with Gasteiger partial charge in [0.1, 0.15) is 0 Å². The Morgan fingerprint density at radius 3 is 2.54 bits per heavy atom. The van der Waals surface area contributed by atoms with Crippen LogP contribution in [0.5, 0.6) is 0 Å². The zero-order valence-corrected chi connectivity index (χ0v) is 9.06. The van der Waals surface area contributed by atoms with Crippen molar-refractivity contribution in [3.05, 3.63) is 34.9 Å². The van der Waals surface area contributed by atoms with Crippen LogP contribution in [0.2, 0.25) is 0 Å². The van der Waals surface area contributed by atoms with E-state index in [1.165, 1.54) is 36.8 Å². The maximum absolute atomic E-state index is 2.26. The monoisotopic (exact) mass is 176 g/mol. The van der Waals surface area contributed by atoms with E-state index < -0.39 is 0 Å². The maximum Gasteiger partial charge on any atom is -0.0274 e. The summed E-state index contributed by atoms with van der Waals surface area (Å²) in [6.07, 6.45) is 5.03. The molecule has 0 amide bonds. The van der Waals surface area contributed by atoms with Crippen LogP contribution in [0, 0.1) is 6.92 Å². The van der Waals surface area contributed by atoms with E-state index in [2.05, 4.69) is 39.0 Å². The highest BCUT2D eigenvalue weighted by Crippen LogP contribution is 2.17. The molecule has 0 unspecified atom stereocenters. The molecule has 13 heavy (non-hydrogen) atoms. The van der Waals surface area contributed by atoms with E-state index in [0.717, 1.165) is 0 Å². The fourth-order valence-corrected chi connectivity index (χ4v) is 1.81. The molecule has 0 atom stereocenters. The summed E-state index contributed by atoms with van der Waals surface area (Å²) in [6.45, 7) is 6.72. The first-order valence-corrected chi connectivity index (χ1v) is 5.37. The fourth-order valence-electron chi connectivity index (χ4n) is 1.81. The molecule has 1 aromatic rings. The lowest BCUT2D eigenvalue weighted by Gasteiger charge is -2.10. The second-order valence-electron chi connectivity index (χ2n) is 3.67. The highest BCUT2D eigenvalue weighted by molar-refractivity contribution is 5.34. The van der Waals surface area contributed by atoms with E-state index in [-0.39, 0.29) is 0 Å². The third-order valence-corrected chi connectivity index (χ3v) is 2.67. The van der Waals surface area contributed by atoms with Crippen molar-refractivity contribution in [1.82, 2.24) is 0 Å². The van der Waals surface area contributed by atoms with Gasteiger partial charge in [-0.15, -0.1) is 0 Å². The first-order valence-electron chi connectivity index (χ1n) is 5.37. The van der Waals surface area contributed by atoms with Gasteiger partial charge in [-0.25, -0.2) is 0 Å². The summed E-state index contributed by atoms with van der Waals surface area (Å²) >= 11 is 0. The second-order valence-corrected chi connectivity index (χ2v) is 3.67. The lowest BCUT2D eigenvalue weighted by Crippen LogP contribution is -1.96. The summed E-state index contributed by atoms with van der Waals surface area (Å²) in [6, 6.07) is 6.66. The molecule has 0 heteroatoms. The Kier molecular flexibility index (Phi) is 4.01. The predicted molar refractivity (Wildman–Crippen MR) is 59.2 cm³/mol. The molecule has 0 aromatic heterocycles. The van der Waals surface area contributed by atoms with Gasteiger partial charge < -0.3 is 0 Å². The molecule has 0 saturated heterocycles. The van der Waals surface area contributed by atoms with Crippen LogP contribution in [0.1, 0.15) is 43.4 Å². The van der Waals surface area contributed by atoms with E-state index in [9.17, 15) is 0 Å². The number of hydrogen-bond donors (Lipinski definition) is 0. The molecule has 72 valence electrons. The summed E-state index contributed by atoms with van der Waals surface area (Å²) in [5.41, 5.74) is 4.59. The van der Waals surface area contributed by atoms with Gasteiger partial charge in [0.05, 0.1) is 0 Å². The van der Waals surface area contributed by atoms with Crippen LogP contribution in [-0.4, -0.2) is 0 Å². The summed E-state index contributed by atoms with van der Waals surface area (Å²) in [7, 11) is 0. The summed E-state index contributed by atoms with van der Waals surface area (Å²) in [5.74, 6) is 0. The molecular weight excluding hydrogens is 156 g/mol. The van der Waals surface area contributed by atoms with E-state index in [1.54, 1.807) is 5.56 Å². The van der Waals surface area contributed by atoms with Crippen LogP contribution in [0.3, 0.4) is 0 Å². The van der Waals surface area contributed by atoms with Gasteiger partial charge in [-0.3, -0.25) is 0 Å². The van der Waals surface area contributed by atoms with Gasteiger partial charge in [0.15, 0.2) is 0 Å². The summed E-state index contributed by atoms with van der Waals surface area (Å²) < 4.78 is 0. The molecule has 1 rings (SSSR count). The zero-order chi connectivity index (χ0) is 9.68. The lowest BCUT2D eigenvalue weighted by atomic mass is 9.96. The van der Waals surface area contributed by atoms with Gasteiger partial charge in [0, 0.05) is 0 Å². The zero-order valence-electron chi connectivity index (χ0n) is 9.06. The van der Waals surface area contributed by atoms with E-state index in [1.807, 2.05) is 0 Å². The van der Waals surface area contributed by atoms with Gasteiger partial charge >= 0.3 is 0 Å². The molecule has 0 spiro atoms. The average Bonchev–Trinajstić information content (AvgIpc) is 2.15.